The molecule has 0 heterocycles. The predicted molar refractivity (Wildman–Crippen MR) is 69.5 cm³/mol. The van der Waals surface area contributed by atoms with Gasteiger partial charge < -0.3 is 0 Å². The summed E-state index contributed by atoms with van der Waals surface area (Å²) >= 11 is 0.539. The van der Waals surface area contributed by atoms with E-state index >= 15 is 0 Å². The molecule has 4 nitrogen and oxygen atoms in total. The Morgan fingerprint density at radius 1 is 1.17 bits per heavy atom. The summed E-state index contributed by atoms with van der Waals surface area (Å²) in [7, 11) is 0. The fraction of sp³-hybridized carbons (Fsp3) is 0.0769. The molecule has 0 radical (unpaired) electrons. The fourth-order valence-corrected chi connectivity index (χ4v) is 2.78. The average Bonchev–Trinajstić information content (AvgIpc) is 2.38. The van der Waals surface area contributed by atoms with Crippen LogP contribution in [0.15, 0.2) is 36.4 Å². The van der Waals surface area contributed by atoms with Gasteiger partial charge in [-0.3, -0.25) is 0 Å². The number of phenols is 1. The number of hydrogen-bond donors (Lipinski definition) is 3. The number of nitrogens with one attached hydrogen (secondary N) is 1. The molecule has 0 amide bonds. The summed E-state index contributed by atoms with van der Waals surface area (Å²) in [6.45, 7) is 0. The van der Waals surface area contributed by atoms with E-state index in [2.05, 4.69) is 0 Å². The molecule has 3 N–H and O–H groups in total. The molecular weight excluding hydrogens is 241 g/mol. The molecule has 5 heteroatoms. The van der Waals surface area contributed by atoms with E-state index in [4.69, 9.17) is 10.5 Å². The van der Waals surface area contributed by atoms with Crippen LogP contribution in [-0.2, 0) is 4.79 Å². The van der Waals surface area contributed by atoms with Crippen molar-refractivity contribution in [2.75, 3.05) is 0 Å². The van der Waals surface area contributed by atoms with E-state index in [0.717, 1.165) is 10.9 Å². The van der Waals surface area contributed by atoms with Gasteiger partial charge in [-0.2, -0.15) is 0 Å². The summed E-state index contributed by atoms with van der Waals surface area (Å²) in [5, 5.41) is 27.7. The van der Waals surface area contributed by atoms with E-state index in [1.807, 2.05) is 18.2 Å². The van der Waals surface area contributed by atoms with Crippen LogP contribution < -0.4 is 0 Å². The zero-order valence-corrected chi connectivity index (χ0v) is 11.8. The SMILES string of the molecule is N=C(C(=O)O)[CH]([Na])c1ccc(O)c2ccccc12. The second-order valence-electron chi connectivity index (χ2n) is 4.16. The van der Waals surface area contributed by atoms with E-state index in [9.17, 15) is 9.90 Å². The van der Waals surface area contributed by atoms with Crippen molar-refractivity contribution in [1.82, 2.24) is 0 Å². The third kappa shape index (κ3) is 2.27. The van der Waals surface area contributed by atoms with Gasteiger partial charge in [0, 0.05) is 0 Å². The molecule has 1 atom stereocenters. The number of carbonyl (C=O) groups is 1. The van der Waals surface area contributed by atoms with E-state index in [-0.39, 0.29) is 14.6 Å². The Labute approximate surface area is 121 Å². The first-order chi connectivity index (χ1) is 8.52. The zero-order chi connectivity index (χ0) is 13.3. The molecule has 1 unspecified atom stereocenters. The van der Waals surface area contributed by atoms with Crippen LogP contribution in [0.1, 0.15) is 8.73 Å². The molecular formula is C13H10NNaO3. The Kier molecular flexibility index (Phi) is 3.71. The topological polar surface area (TPSA) is 81.4 Å². The molecule has 0 aromatic heterocycles. The standard InChI is InChI=1S/C13H10NO3.Na/c14-11(13(16)17)7-8-5-6-12(15)10-4-2-1-3-9(8)10;/h1-7,14-15H,(H,16,17);. The van der Waals surface area contributed by atoms with Crippen molar-refractivity contribution >= 4 is 50.4 Å². The van der Waals surface area contributed by atoms with Crippen molar-refractivity contribution in [3.8, 4) is 5.75 Å². The summed E-state index contributed by atoms with van der Waals surface area (Å²) in [6.07, 6.45) is 0. The number of rotatable bonds is 3. The Hall–Kier alpha value is -1.36. The van der Waals surface area contributed by atoms with Crippen LogP contribution in [0.3, 0.4) is 0 Å². The minimum atomic E-state index is -1.19. The maximum absolute atomic E-state index is 10.9. The van der Waals surface area contributed by atoms with Crippen LogP contribution in [0, 0.1) is 5.41 Å². The summed E-state index contributed by atoms with van der Waals surface area (Å²) in [5.74, 6) is -1.02. The van der Waals surface area contributed by atoms with Crippen molar-refractivity contribution in [3.63, 3.8) is 0 Å². The van der Waals surface area contributed by atoms with Crippen molar-refractivity contribution in [2.24, 2.45) is 0 Å². The number of aliphatic carboxylic acids is 1. The first-order valence-corrected chi connectivity index (χ1v) is 6.70. The van der Waals surface area contributed by atoms with E-state index in [1.54, 1.807) is 18.2 Å². The molecule has 0 bridgehead atoms. The molecule has 0 aliphatic rings. The van der Waals surface area contributed by atoms with Crippen molar-refractivity contribution in [1.29, 1.82) is 5.41 Å². The third-order valence-electron chi connectivity index (χ3n) is 3.06. The quantitative estimate of drug-likeness (QED) is 0.575. The first-order valence-electron chi connectivity index (χ1n) is 5.54. The van der Waals surface area contributed by atoms with E-state index < -0.39 is 5.97 Å². The van der Waals surface area contributed by atoms with Crippen LogP contribution in [0.25, 0.3) is 10.8 Å². The number of fused-ring (bicyclic) bond motifs is 1. The van der Waals surface area contributed by atoms with Crippen molar-refractivity contribution in [3.05, 3.63) is 42.0 Å². The number of carboxylic acids is 1. The maximum atomic E-state index is 10.9. The minimum absolute atomic E-state index is 0.171. The monoisotopic (exact) mass is 251 g/mol. The summed E-state index contributed by atoms with van der Waals surface area (Å²) in [6, 6.07) is 10.5. The van der Waals surface area contributed by atoms with Crippen molar-refractivity contribution in [2.45, 2.75) is 3.17 Å². The number of carboxylic acid groups (broad SMARTS) is 1. The average molecular weight is 251 g/mol. The summed E-state index contributed by atoms with van der Waals surface area (Å²) in [5.41, 5.74) is 0.500. The van der Waals surface area contributed by atoms with Crippen LogP contribution in [0.4, 0.5) is 0 Å². The molecule has 2 rings (SSSR count). The first kappa shape index (κ1) is 13.1. The normalized spacial score (nSPS) is 12.3. The number of phenolic OH excluding ortho intramolecular Hbond substituents is 1. The number of aromatic hydroxyl groups is 1. The van der Waals surface area contributed by atoms with Crippen LogP contribution in [0.5, 0.6) is 5.75 Å². The van der Waals surface area contributed by atoms with Gasteiger partial charge in [0.15, 0.2) is 0 Å². The molecule has 0 fully saturated rings. The van der Waals surface area contributed by atoms with Gasteiger partial charge in [-0.05, 0) is 0 Å². The Morgan fingerprint density at radius 2 is 1.78 bits per heavy atom. The Morgan fingerprint density at radius 3 is 2.39 bits per heavy atom. The Bertz CT molecular complexity index is 639. The molecule has 0 saturated carbocycles. The van der Waals surface area contributed by atoms with E-state index in [1.165, 1.54) is 0 Å². The zero-order valence-electron chi connectivity index (χ0n) is 9.84. The summed E-state index contributed by atoms with van der Waals surface area (Å²) in [4.78, 5) is 10.9. The van der Waals surface area contributed by atoms with Gasteiger partial charge in [0.05, 0.1) is 0 Å². The second kappa shape index (κ2) is 5.10. The number of hydrogen-bond acceptors (Lipinski definition) is 3. The van der Waals surface area contributed by atoms with Gasteiger partial charge in [0.25, 0.3) is 0 Å². The fourth-order valence-electron chi connectivity index (χ4n) is 2.02. The van der Waals surface area contributed by atoms with Crippen LogP contribution in [0.2, 0.25) is 0 Å². The van der Waals surface area contributed by atoms with Crippen LogP contribution in [-0.4, -0.2) is 49.8 Å². The molecule has 0 aliphatic heterocycles. The van der Waals surface area contributed by atoms with Gasteiger partial charge in [0.1, 0.15) is 0 Å². The summed E-state index contributed by atoms with van der Waals surface area (Å²) < 4.78 is -0.381. The molecule has 86 valence electrons. The van der Waals surface area contributed by atoms with E-state index in [0.29, 0.717) is 33.3 Å². The third-order valence-corrected chi connectivity index (χ3v) is 4.26. The molecule has 0 aliphatic carbocycles. The Balaban J connectivity index is 2.62. The molecule has 2 aromatic carbocycles. The van der Waals surface area contributed by atoms with Gasteiger partial charge >= 0.3 is 122 Å². The van der Waals surface area contributed by atoms with Gasteiger partial charge in [-0.25, -0.2) is 0 Å². The van der Waals surface area contributed by atoms with Gasteiger partial charge in [-0.15, -0.1) is 0 Å². The molecule has 2 aromatic rings. The van der Waals surface area contributed by atoms with Crippen LogP contribution >= 0.6 is 0 Å². The van der Waals surface area contributed by atoms with Gasteiger partial charge in [-0.1, -0.05) is 0 Å². The van der Waals surface area contributed by atoms with Gasteiger partial charge in [0.2, 0.25) is 0 Å². The number of benzene rings is 2. The molecule has 0 spiro atoms. The molecule has 18 heavy (non-hydrogen) atoms. The second-order valence-corrected chi connectivity index (χ2v) is 5.31. The molecule has 0 saturated heterocycles. The van der Waals surface area contributed by atoms with Crippen molar-refractivity contribution < 1.29 is 15.0 Å². The predicted octanol–water partition coefficient (Wildman–Crippen LogP) is 1.86.